The van der Waals surface area contributed by atoms with Gasteiger partial charge in [-0.15, -0.1) is 11.3 Å². The Bertz CT molecular complexity index is 651. The number of nitrogens with two attached hydrogens (primary N) is 1. The fourth-order valence-corrected chi connectivity index (χ4v) is 3.72. The minimum atomic E-state index is -0.308. The monoisotopic (exact) mass is 306 g/mol. The van der Waals surface area contributed by atoms with Gasteiger partial charge < -0.3 is 11.1 Å². The van der Waals surface area contributed by atoms with Crippen molar-refractivity contribution in [2.75, 3.05) is 5.32 Å². The number of thiocarbonyl (C=S) groups is 1. The molecular weight excluding hydrogens is 291 g/mol. The summed E-state index contributed by atoms with van der Waals surface area (Å²) in [5, 5.41) is 5.41. The van der Waals surface area contributed by atoms with E-state index in [0.717, 1.165) is 19.3 Å². The molecule has 0 fully saturated rings. The van der Waals surface area contributed by atoms with Crippen LogP contribution < -0.4 is 11.1 Å². The van der Waals surface area contributed by atoms with Crippen molar-refractivity contribution in [2.24, 2.45) is 5.73 Å². The van der Waals surface area contributed by atoms with E-state index in [2.05, 4.69) is 16.8 Å². The maximum absolute atomic E-state index is 14.1. The van der Waals surface area contributed by atoms with E-state index >= 15 is 0 Å². The molecule has 0 saturated heterocycles. The predicted molar refractivity (Wildman–Crippen MR) is 85.9 cm³/mol. The average Bonchev–Trinajstić information content (AvgIpc) is 2.90. The molecular formula is C15H15FN2S2. The van der Waals surface area contributed by atoms with Crippen molar-refractivity contribution in [1.29, 1.82) is 0 Å². The molecule has 0 spiro atoms. The van der Waals surface area contributed by atoms with Crippen LogP contribution in [0, 0.1) is 5.82 Å². The summed E-state index contributed by atoms with van der Waals surface area (Å²) in [6.45, 7) is 0. The normalized spacial score (nSPS) is 17.6. The highest BCUT2D eigenvalue weighted by Gasteiger charge is 2.21. The molecule has 1 heterocycles. The summed E-state index contributed by atoms with van der Waals surface area (Å²) in [5.41, 5.74) is 7.88. The Labute approximate surface area is 126 Å². The van der Waals surface area contributed by atoms with Crippen molar-refractivity contribution in [3.05, 3.63) is 51.5 Å². The van der Waals surface area contributed by atoms with Crippen LogP contribution in [-0.4, -0.2) is 4.99 Å². The summed E-state index contributed by atoms with van der Waals surface area (Å²) in [6.07, 6.45) is 3.30. The van der Waals surface area contributed by atoms with E-state index in [1.165, 1.54) is 16.5 Å². The first-order valence-electron chi connectivity index (χ1n) is 6.57. The molecule has 5 heteroatoms. The van der Waals surface area contributed by atoms with Crippen molar-refractivity contribution in [3.8, 4) is 0 Å². The molecule has 0 aliphatic heterocycles. The average molecular weight is 306 g/mol. The molecule has 104 valence electrons. The van der Waals surface area contributed by atoms with Crippen LogP contribution in [0.25, 0.3) is 0 Å². The van der Waals surface area contributed by atoms with Gasteiger partial charge in [-0.3, -0.25) is 0 Å². The van der Waals surface area contributed by atoms with Gasteiger partial charge in [0.1, 0.15) is 10.8 Å². The van der Waals surface area contributed by atoms with E-state index in [4.69, 9.17) is 18.0 Å². The number of hydrogen-bond donors (Lipinski definition) is 2. The van der Waals surface area contributed by atoms with Gasteiger partial charge in [0.2, 0.25) is 0 Å². The molecule has 1 aliphatic carbocycles. The largest absolute Gasteiger partial charge is 0.389 e. The summed E-state index contributed by atoms with van der Waals surface area (Å²) in [6, 6.07) is 7.19. The third kappa shape index (κ3) is 2.55. The number of rotatable bonds is 3. The van der Waals surface area contributed by atoms with E-state index in [1.54, 1.807) is 23.5 Å². The van der Waals surface area contributed by atoms with Crippen LogP contribution in [0.2, 0.25) is 0 Å². The van der Waals surface area contributed by atoms with Gasteiger partial charge in [0.15, 0.2) is 0 Å². The minimum Gasteiger partial charge on any atom is -0.389 e. The highest BCUT2D eigenvalue weighted by atomic mass is 32.1. The molecule has 20 heavy (non-hydrogen) atoms. The zero-order valence-corrected chi connectivity index (χ0v) is 12.5. The molecule has 2 aromatic rings. The van der Waals surface area contributed by atoms with Gasteiger partial charge >= 0.3 is 0 Å². The molecule has 1 unspecified atom stereocenters. The summed E-state index contributed by atoms with van der Waals surface area (Å²) in [4.78, 5) is 1.63. The molecule has 1 atom stereocenters. The molecule has 3 N–H and O–H groups in total. The van der Waals surface area contributed by atoms with Gasteiger partial charge in [-0.05, 0) is 54.5 Å². The molecule has 0 bridgehead atoms. The van der Waals surface area contributed by atoms with E-state index in [1.807, 2.05) is 0 Å². The van der Waals surface area contributed by atoms with Gasteiger partial charge in [-0.1, -0.05) is 12.2 Å². The van der Waals surface area contributed by atoms with Gasteiger partial charge in [0.25, 0.3) is 0 Å². The lowest BCUT2D eigenvalue weighted by Gasteiger charge is -2.25. The molecule has 0 amide bonds. The van der Waals surface area contributed by atoms with Gasteiger partial charge in [-0.25, -0.2) is 4.39 Å². The zero-order valence-electron chi connectivity index (χ0n) is 10.9. The lowest BCUT2D eigenvalue weighted by molar-refractivity contribution is 0.592. The number of halogens is 1. The van der Waals surface area contributed by atoms with E-state index in [9.17, 15) is 4.39 Å². The Kier molecular flexibility index (Phi) is 3.72. The van der Waals surface area contributed by atoms with Crippen LogP contribution in [0.4, 0.5) is 10.1 Å². The first-order chi connectivity index (χ1) is 9.65. The highest BCUT2D eigenvalue weighted by molar-refractivity contribution is 7.80. The Morgan fingerprint density at radius 1 is 1.40 bits per heavy atom. The molecule has 2 nitrogen and oxygen atoms in total. The number of thiophene rings is 1. The second kappa shape index (κ2) is 5.50. The van der Waals surface area contributed by atoms with E-state index in [0.29, 0.717) is 11.3 Å². The Morgan fingerprint density at radius 3 is 3.00 bits per heavy atom. The number of benzene rings is 1. The maximum atomic E-state index is 14.1. The molecule has 1 aromatic heterocycles. The zero-order chi connectivity index (χ0) is 14.1. The summed E-state index contributed by atoms with van der Waals surface area (Å²) < 4.78 is 14.1. The second-order valence-corrected chi connectivity index (χ2v) is 6.39. The summed E-state index contributed by atoms with van der Waals surface area (Å²) in [5.74, 6) is -0.308. The van der Waals surface area contributed by atoms with E-state index in [-0.39, 0.29) is 16.8 Å². The van der Waals surface area contributed by atoms with Crippen molar-refractivity contribution in [3.63, 3.8) is 0 Å². The molecule has 1 aliphatic rings. The molecule has 1 aromatic carbocycles. The topological polar surface area (TPSA) is 38.0 Å². The van der Waals surface area contributed by atoms with Crippen LogP contribution in [0.5, 0.6) is 0 Å². The second-order valence-electron chi connectivity index (χ2n) is 4.95. The summed E-state index contributed by atoms with van der Waals surface area (Å²) in [7, 11) is 0. The lowest BCUT2D eigenvalue weighted by Crippen LogP contribution is -2.17. The maximum Gasteiger partial charge on any atom is 0.147 e. The minimum absolute atomic E-state index is 0.190. The fraction of sp³-hybridized carbons (Fsp3) is 0.267. The summed E-state index contributed by atoms with van der Waals surface area (Å²) >= 11 is 6.64. The van der Waals surface area contributed by atoms with E-state index < -0.39 is 0 Å². The molecule has 0 radical (unpaired) electrons. The Hall–Kier alpha value is -1.46. The first kappa shape index (κ1) is 13.5. The third-order valence-electron chi connectivity index (χ3n) is 3.64. The predicted octanol–water partition coefficient (Wildman–Crippen LogP) is 4.01. The number of nitrogens with one attached hydrogen (secondary N) is 1. The highest BCUT2D eigenvalue weighted by Crippen LogP contribution is 2.36. The molecule has 3 rings (SSSR count). The van der Waals surface area contributed by atoms with Crippen LogP contribution in [0.1, 0.15) is 34.9 Å². The van der Waals surface area contributed by atoms with Crippen molar-refractivity contribution < 1.29 is 4.39 Å². The van der Waals surface area contributed by atoms with Gasteiger partial charge in [-0.2, -0.15) is 0 Å². The van der Waals surface area contributed by atoms with Crippen LogP contribution in [0.3, 0.4) is 0 Å². The smallest absolute Gasteiger partial charge is 0.147 e. The molecule has 0 saturated carbocycles. The van der Waals surface area contributed by atoms with Gasteiger partial charge in [0, 0.05) is 10.4 Å². The van der Waals surface area contributed by atoms with Crippen molar-refractivity contribution in [1.82, 2.24) is 0 Å². The Balaban J connectivity index is 1.84. The quantitative estimate of drug-likeness (QED) is 0.841. The lowest BCUT2D eigenvalue weighted by atomic mass is 9.94. The standard InChI is InChI=1S/C15H15FN2S2/c16-11-8-9(15(17)19)4-5-13(11)18-12-2-1-3-14-10(12)6-7-20-14/h4-8,12,18H,1-3H2,(H2,17,19). The number of anilines is 1. The number of hydrogen-bond acceptors (Lipinski definition) is 3. The van der Waals surface area contributed by atoms with Gasteiger partial charge in [0.05, 0.1) is 11.7 Å². The van der Waals surface area contributed by atoms with Crippen LogP contribution in [-0.2, 0) is 6.42 Å². The van der Waals surface area contributed by atoms with Crippen LogP contribution >= 0.6 is 23.6 Å². The first-order valence-corrected chi connectivity index (χ1v) is 7.86. The van der Waals surface area contributed by atoms with Crippen molar-refractivity contribution >= 4 is 34.2 Å². The fourth-order valence-electron chi connectivity index (χ4n) is 2.61. The van der Waals surface area contributed by atoms with Crippen molar-refractivity contribution in [2.45, 2.75) is 25.3 Å². The Morgan fingerprint density at radius 2 is 2.25 bits per heavy atom. The van der Waals surface area contributed by atoms with Crippen LogP contribution in [0.15, 0.2) is 29.6 Å². The third-order valence-corrected chi connectivity index (χ3v) is 4.87. The SMILES string of the molecule is NC(=S)c1ccc(NC2CCCc3sccc32)c(F)c1. The number of aryl methyl sites for hydroxylation is 1. The number of fused-ring (bicyclic) bond motifs is 1.